The molecule has 1 saturated heterocycles. The van der Waals surface area contributed by atoms with Gasteiger partial charge in [0, 0.05) is 37.4 Å². The summed E-state index contributed by atoms with van der Waals surface area (Å²) >= 11 is 0. The Kier molecular flexibility index (Phi) is 3.81. The molecule has 1 fully saturated rings. The fourth-order valence-corrected chi connectivity index (χ4v) is 3.49. The number of aromatic nitrogens is 1. The predicted molar refractivity (Wildman–Crippen MR) is 89.1 cm³/mol. The molecule has 0 radical (unpaired) electrons. The fraction of sp³-hybridized carbons (Fsp3) is 0.421. The van der Waals surface area contributed by atoms with E-state index < -0.39 is 0 Å². The molecule has 22 heavy (non-hydrogen) atoms. The maximum atomic E-state index is 12.9. The second-order valence-electron chi connectivity index (χ2n) is 6.68. The Hall–Kier alpha value is -2.03. The summed E-state index contributed by atoms with van der Waals surface area (Å²) in [5, 5.41) is 0. The molecule has 2 heterocycles. The Morgan fingerprint density at radius 2 is 1.91 bits per heavy atom. The van der Waals surface area contributed by atoms with E-state index in [4.69, 9.17) is 0 Å². The molecule has 116 valence electrons. The van der Waals surface area contributed by atoms with Crippen LogP contribution in [0.5, 0.6) is 0 Å². The van der Waals surface area contributed by atoms with Crippen molar-refractivity contribution in [1.29, 1.82) is 0 Å². The van der Waals surface area contributed by atoms with Gasteiger partial charge in [0.1, 0.15) is 0 Å². The van der Waals surface area contributed by atoms with Crippen molar-refractivity contribution in [2.45, 2.75) is 32.1 Å². The molecule has 0 bridgehead atoms. The number of hydrogen-bond acceptors (Lipinski definition) is 1. The molecular weight excluding hydrogens is 272 g/mol. The van der Waals surface area contributed by atoms with Crippen molar-refractivity contribution < 1.29 is 4.79 Å². The van der Waals surface area contributed by atoms with E-state index in [1.54, 1.807) is 0 Å². The highest BCUT2D eigenvalue weighted by Crippen LogP contribution is 2.34. The quantitative estimate of drug-likeness (QED) is 0.832. The second kappa shape index (κ2) is 5.64. The first-order valence-electron chi connectivity index (χ1n) is 7.98. The van der Waals surface area contributed by atoms with Gasteiger partial charge < -0.3 is 9.47 Å². The lowest BCUT2D eigenvalue weighted by molar-refractivity contribution is 0.0650. The normalized spacial score (nSPS) is 21.9. The van der Waals surface area contributed by atoms with Crippen molar-refractivity contribution in [2.24, 2.45) is 7.05 Å². The second-order valence-corrected chi connectivity index (χ2v) is 6.68. The number of nitrogens with zero attached hydrogens (tertiary/aromatic N) is 2. The molecule has 1 atom stereocenters. The van der Waals surface area contributed by atoms with Crippen LogP contribution in [0.2, 0.25) is 0 Å². The van der Waals surface area contributed by atoms with Crippen LogP contribution in [0.3, 0.4) is 0 Å². The van der Waals surface area contributed by atoms with E-state index in [2.05, 4.69) is 31.2 Å². The Labute approximate surface area is 132 Å². The van der Waals surface area contributed by atoms with Crippen molar-refractivity contribution >= 4 is 5.91 Å². The summed E-state index contributed by atoms with van der Waals surface area (Å²) in [6, 6.07) is 12.5. The zero-order valence-electron chi connectivity index (χ0n) is 13.7. The van der Waals surface area contributed by atoms with Crippen molar-refractivity contribution in [3.05, 3.63) is 59.4 Å². The average Bonchev–Trinajstić information content (AvgIpc) is 2.87. The number of rotatable bonds is 2. The third kappa shape index (κ3) is 2.56. The number of hydrogen-bond donors (Lipinski definition) is 0. The average molecular weight is 296 g/mol. The molecule has 3 heteroatoms. The molecule has 2 aromatic rings. The smallest absolute Gasteiger partial charge is 0.255 e. The molecule has 0 aliphatic carbocycles. The van der Waals surface area contributed by atoms with E-state index in [-0.39, 0.29) is 11.3 Å². The standard InChI is InChI=1S/C19H24N2O/c1-15-17(10-13-20(15)3)18(22)21-12-7-11-19(2,14-21)16-8-5-4-6-9-16/h4-6,8-10,13H,7,11-12,14H2,1-3H3/t19-/m0/s1. The third-order valence-corrected chi connectivity index (χ3v) is 5.07. The van der Waals surface area contributed by atoms with Crippen LogP contribution in [-0.4, -0.2) is 28.5 Å². The van der Waals surface area contributed by atoms with E-state index >= 15 is 0 Å². The number of amides is 1. The minimum atomic E-state index is 0.0534. The monoisotopic (exact) mass is 296 g/mol. The summed E-state index contributed by atoms with van der Waals surface area (Å²) in [4.78, 5) is 14.9. The molecule has 1 aromatic carbocycles. The number of likely N-dealkylation sites (tertiary alicyclic amines) is 1. The van der Waals surface area contributed by atoms with Gasteiger partial charge in [-0.15, -0.1) is 0 Å². The van der Waals surface area contributed by atoms with Gasteiger partial charge in [0.15, 0.2) is 0 Å². The Morgan fingerprint density at radius 1 is 1.18 bits per heavy atom. The predicted octanol–water partition coefficient (Wildman–Crippen LogP) is 3.53. The van der Waals surface area contributed by atoms with Gasteiger partial charge in [-0.2, -0.15) is 0 Å². The SMILES string of the molecule is Cc1c(C(=O)N2CCC[C@](C)(c3ccccc3)C2)ccn1C. The minimum absolute atomic E-state index is 0.0534. The molecule has 0 N–H and O–H groups in total. The zero-order chi connectivity index (χ0) is 15.7. The van der Waals surface area contributed by atoms with Crippen molar-refractivity contribution in [3.63, 3.8) is 0 Å². The lowest BCUT2D eigenvalue weighted by atomic mass is 9.76. The summed E-state index contributed by atoms with van der Waals surface area (Å²) in [7, 11) is 1.98. The third-order valence-electron chi connectivity index (χ3n) is 5.07. The molecular formula is C19H24N2O. The molecule has 3 rings (SSSR count). The Bertz CT molecular complexity index is 674. The molecule has 1 aliphatic rings. The first-order chi connectivity index (χ1) is 10.5. The van der Waals surface area contributed by atoms with Crippen molar-refractivity contribution in [1.82, 2.24) is 9.47 Å². The van der Waals surface area contributed by atoms with Crippen LogP contribution in [-0.2, 0) is 12.5 Å². The van der Waals surface area contributed by atoms with E-state index in [9.17, 15) is 4.79 Å². The van der Waals surface area contributed by atoms with Crippen LogP contribution >= 0.6 is 0 Å². The number of piperidine rings is 1. The van der Waals surface area contributed by atoms with Crippen molar-refractivity contribution in [3.8, 4) is 0 Å². The zero-order valence-corrected chi connectivity index (χ0v) is 13.7. The molecule has 3 nitrogen and oxygen atoms in total. The van der Waals surface area contributed by atoms with Crippen LogP contribution in [0.1, 0.15) is 41.4 Å². The van der Waals surface area contributed by atoms with Gasteiger partial charge >= 0.3 is 0 Å². The van der Waals surface area contributed by atoms with E-state index in [0.717, 1.165) is 37.2 Å². The maximum absolute atomic E-state index is 12.9. The Balaban J connectivity index is 1.84. The summed E-state index contributed by atoms with van der Waals surface area (Å²) in [5.41, 5.74) is 3.26. The van der Waals surface area contributed by atoms with Crippen molar-refractivity contribution in [2.75, 3.05) is 13.1 Å². The highest BCUT2D eigenvalue weighted by atomic mass is 16.2. The highest BCUT2D eigenvalue weighted by Gasteiger charge is 2.35. The summed E-state index contributed by atoms with van der Waals surface area (Å²) < 4.78 is 2.01. The molecule has 0 saturated carbocycles. The van der Waals surface area contributed by atoms with Crippen LogP contribution in [0.25, 0.3) is 0 Å². The molecule has 0 unspecified atom stereocenters. The van der Waals surface area contributed by atoms with Gasteiger partial charge in [-0.25, -0.2) is 0 Å². The molecule has 1 aromatic heterocycles. The van der Waals surface area contributed by atoms with Gasteiger partial charge in [0.2, 0.25) is 0 Å². The topological polar surface area (TPSA) is 25.2 Å². The molecule has 0 spiro atoms. The van der Waals surface area contributed by atoms with Gasteiger partial charge in [0.25, 0.3) is 5.91 Å². The summed E-state index contributed by atoms with van der Waals surface area (Å²) in [6.45, 7) is 5.94. The maximum Gasteiger partial charge on any atom is 0.255 e. The van der Waals surface area contributed by atoms with Crippen LogP contribution in [0, 0.1) is 6.92 Å². The number of aryl methyl sites for hydroxylation is 1. The van der Waals surface area contributed by atoms with Gasteiger partial charge in [-0.1, -0.05) is 37.3 Å². The highest BCUT2D eigenvalue weighted by molar-refractivity contribution is 5.95. The minimum Gasteiger partial charge on any atom is -0.354 e. The Morgan fingerprint density at radius 3 is 2.55 bits per heavy atom. The van der Waals surface area contributed by atoms with E-state index in [0.29, 0.717) is 0 Å². The lowest BCUT2D eigenvalue weighted by Crippen LogP contribution is -2.47. The number of benzene rings is 1. The van der Waals surface area contributed by atoms with Gasteiger partial charge in [-0.3, -0.25) is 4.79 Å². The lowest BCUT2D eigenvalue weighted by Gasteiger charge is -2.41. The number of carbonyl (C=O) groups excluding carboxylic acids is 1. The van der Waals surface area contributed by atoms with E-state index in [1.807, 2.05) is 41.8 Å². The molecule has 1 aliphatic heterocycles. The van der Waals surface area contributed by atoms with Gasteiger partial charge in [-0.05, 0) is 31.4 Å². The van der Waals surface area contributed by atoms with Crippen LogP contribution in [0.15, 0.2) is 42.6 Å². The first kappa shape index (κ1) is 14.9. The molecule has 1 amide bonds. The van der Waals surface area contributed by atoms with Gasteiger partial charge in [0.05, 0.1) is 5.56 Å². The first-order valence-corrected chi connectivity index (χ1v) is 7.98. The summed E-state index contributed by atoms with van der Waals surface area (Å²) in [6.07, 6.45) is 4.15. The van der Waals surface area contributed by atoms with Crippen LogP contribution in [0.4, 0.5) is 0 Å². The largest absolute Gasteiger partial charge is 0.354 e. The van der Waals surface area contributed by atoms with E-state index in [1.165, 1.54) is 5.56 Å². The number of carbonyl (C=O) groups is 1. The fourth-order valence-electron chi connectivity index (χ4n) is 3.49. The van der Waals surface area contributed by atoms with Crippen LogP contribution < -0.4 is 0 Å². The summed E-state index contributed by atoms with van der Waals surface area (Å²) in [5.74, 6) is 0.167.